The number of pyridine rings is 2. The normalized spacial score (nSPS) is 13.3. The van der Waals surface area contributed by atoms with Crippen LogP contribution in [0.5, 0.6) is 0 Å². The second kappa shape index (κ2) is 8.34. The SMILES string of the molecule is CC(C)n1cnnc1-c1cccc(NC(=O)c2nc(C3CC3)ccc2-c2ccncc2)c1. The first kappa shape index (κ1) is 20.1. The molecule has 0 atom stereocenters. The third-order valence-electron chi connectivity index (χ3n) is 5.63. The van der Waals surface area contributed by atoms with E-state index in [2.05, 4.69) is 34.3 Å². The van der Waals surface area contributed by atoms with Crippen LogP contribution < -0.4 is 5.32 Å². The maximum absolute atomic E-state index is 13.4. The van der Waals surface area contributed by atoms with Crippen LogP contribution in [0.3, 0.4) is 0 Å². The third kappa shape index (κ3) is 4.01. The second-order valence-corrected chi connectivity index (χ2v) is 8.33. The van der Waals surface area contributed by atoms with E-state index in [1.165, 1.54) is 0 Å². The molecule has 3 aromatic heterocycles. The summed E-state index contributed by atoms with van der Waals surface area (Å²) in [5.41, 5.74) is 4.69. The van der Waals surface area contributed by atoms with Gasteiger partial charge in [-0.3, -0.25) is 9.78 Å². The Kier molecular flexibility index (Phi) is 5.23. The lowest BCUT2D eigenvalue weighted by Crippen LogP contribution is -2.16. The number of hydrogen-bond acceptors (Lipinski definition) is 5. The summed E-state index contributed by atoms with van der Waals surface area (Å²) in [7, 11) is 0. The van der Waals surface area contributed by atoms with Crippen LogP contribution in [-0.2, 0) is 0 Å². The van der Waals surface area contributed by atoms with Crippen LogP contribution in [0.4, 0.5) is 5.69 Å². The quantitative estimate of drug-likeness (QED) is 0.465. The first-order chi connectivity index (χ1) is 15.6. The fraction of sp³-hybridized carbons (Fsp3) is 0.240. The highest BCUT2D eigenvalue weighted by Crippen LogP contribution is 2.40. The van der Waals surface area contributed by atoms with Gasteiger partial charge in [-0.15, -0.1) is 10.2 Å². The van der Waals surface area contributed by atoms with E-state index >= 15 is 0 Å². The van der Waals surface area contributed by atoms with Crippen molar-refractivity contribution in [2.45, 2.75) is 38.6 Å². The van der Waals surface area contributed by atoms with Gasteiger partial charge in [-0.05, 0) is 62.6 Å². The Bertz CT molecular complexity index is 1260. The zero-order valence-corrected chi connectivity index (χ0v) is 18.1. The maximum atomic E-state index is 13.4. The van der Waals surface area contributed by atoms with Crippen molar-refractivity contribution >= 4 is 11.6 Å². The lowest BCUT2D eigenvalue weighted by Gasteiger charge is -2.13. The molecule has 1 amide bonds. The van der Waals surface area contributed by atoms with E-state index in [1.807, 2.05) is 53.1 Å². The molecule has 0 saturated heterocycles. The Balaban J connectivity index is 1.48. The lowest BCUT2D eigenvalue weighted by atomic mass is 10.0. The molecule has 160 valence electrons. The summed E-state index contributed by atoms with van der Waals surface area (Å²) >= 11 is 0. The van der Waals surface area contributed by atoms with E-state index in [1.54, 1.807) is 18.7 Å². The van der Waals surface area contributed by atoms with Crippen molar-refractivity contribution in [1.29, 1.82) is 0 Å². The Labute approximate surface area is 186 Å². The van der Waals surface area contributed by atoms with Crippen molar-refractivity contribution in [3.05, 3.63) is 78.6 Å². The summed E-state index contributed by atoms with van der Waals surface area (Å²) in [4.78, 5) is 22.2. The van der Waals surface area contributed by atoms with Gasteiger partial charge in [-0.25, -0.2) is 4.98 Å². The minimum Gasteiger partial charge on any atom is -0.321 e. The standard InChI is InChI=1S/C25H24N6O/c1-16(2)31-15-27-30-24(31)19-4-3-5-20(14-19)28-25(32)23-21(17-10-12-26-13-11-17)8-9-22(29-23)18-6-7-18/h3-5,8-16,18H,6-7H2,1-2H3,(H,28,32). The molecule has 4 aromatic rings. The molecule has 0 aliphatic heterocycles. The molecule has 1 saturated carbocycles. The predicted octanol–water partition coefficient (Wildman–Crippen LogP) is 5.11. The number of hydrogen-bond donors (Lipinski definition) is 1. The average molecular weight is 425 g/mol. The molecule has 0 radical (unpaired) electrons. The molecule has 1 fully saturated rings. The number of aromatic nitrogens is 5. The van der Waals surface area contributed by atoms with Crippen molar-refractivity contribution in [1.82, 2.24) is 24.7 Å². The average Bonchev–Trinajstić information content (AvgIpc) is 3.55. The minimum absolute atomic E-state index is 0.232. The number of carbonyl (C=O) groups is 1. The zero-order chi connectivity index (χ0) is 22.1. The fourth-order valence-corrected chi connectivity index (χ4v) is 3.77. The summed E-state index contributed by atoms with van der Waals surface area (Å²) in [6.45, 7) is 4.16. The highest BCUT2D eigenvalue weighted by Gasteiger charge is 2.27. The first-order valence-corrected chi connectivity index (χ1v) is 10.8. The van der Waals surface area contributed by atoms with Gasteiger partial charge in [0.15, 0.2) is 5.82 Å². The van der Waals surface area contributed by atoms with Gasteiger partial charge in [0.25, 0.3) is 5.91 Å². The molecule has 3 heterocycles. The van der Waals surface area contributed by atoms with Crippen molar-refractivity contribution in [3.63, 3.8) is 0 Å². The Morgan fingerprint density at radius 3 is 2.62 bits per heavy atom. The van der Waals surface area contributed by atoms with Crippen molar-refractivity contribution in [3.8, 4) is 22.5 Å². The van der Waals surface area contributed by atoms with Gasteiger partial charge in [0.1, 0.15) is 12.0 Å². The summed E-state index contributed by atoms with van der Waals surface area (Å²) in [5, 5.41) is 11.3. The molecule has 1 aliphatic rings. The monoisotopic (exact) mass is 424 g/mol. The maximum Gasteiger partial charge on any atom is 0.274 e. The van der Waals surface area contributed by atoms with E-state index in [-0.39, 0.29) is 11.9 Å². The number of nitrogens with one attached hydrogen (secondary N) is 1. The number of anilines is 1. The van der Waals surface area contributed by atoms with Crippen LogP contribution in [0.1, 0.15) is 54.8 Å². The summed E-state index contributed by atoms with van der Waals surface area (Å²) in [6, 6.07) is 15.7. The van der Waals surface area contributed by atoms with E-state index in [9.17, 15) is 4.79 Å². The first-order valence-electron chi connectivity index (χ1n) is 10.8. The fourth-order valence-electron chi connectivity index (χ4n) is 3.77. The molecule has 1 N–H and O–H groups in total. The number of benzene rings is 1. The molecule has 32 heavy (non-hydrogen) atoms. The summed E-state index contributed by atoms with van der Waals surface area (Å²) in [5.74, 6) is 0.989. The molecule has 7 nitrogen and oxygen atoms in total. The smallest absolute Gasteiger partial charge is 0.274 e. The second-order valence-electron chi connectivity index (χ2n) is 8.33. The lowest BCUT2D eigenvalue weighted by molar-refractivity contribution is 0.102. The third-order valence-corrected chi connectivity index (χ3v) is 5.63. The van der Waals surface area contributed by atoms with Crippen LogP contribution in [0.2, 0.25) is 0 Å². The molecule has 0 bridgehead atoms. The van der Waals surface area contributed by atoms with Gasteiger partial charge >= 0.3 is 0 Å². The van der Waals surface area contributed by atoms with E-state index in [0.717, 1.165) is 41.1 Å². The summed E-state index contributed by atoms with van der Waals surface area (Å²) in [6.07, 6.45) is 7.42. The van der Waals surface area contributed by atoms with Crippen LogP contribution in [0.25, 0.3) is 22.5 Å². The van der Waals surface area contributed by atoms with E-state index in [0.29, 0.717) is 17.3 Å². The van der Waals surface area contributed by atoms with Crippen molar-refractivity contribution in [2.24, 2.45) is 0 Å². The van der Waals surface area contributed by atoms with Crippen LogP contribution >= 0.6 is 0 Å². The molecule has 0 spiro atoms. The largest absolute Gasteiger partial charge is 0.321 e. The molecule has 1 aromatic carbocycles. The number of rotatable bonds is 6. The highest BCUT2D eigenvalue weighted by atomic mass is 16.1. The zero-order valence-electron chi connectivity index (χ0n) is 18.1. The van der Waals surface area contributed by atoms with Gasteiger partial charge in [0.05, 0.1) is 0 Å². The van der Waals surface area contributed by atoms with Crippen molar-refractivity contribution in [2.75, 3.05) is 5.32 Å². The molecular formula is C25H24N6O. The van der Waals surface area contributed by atoms with Crippen LogP contribution in [0, 0.1) is 0 Å². The van der Waals surface area contributed by atoms with Crippen molar-refractivity contribution < 1.29 is 4.79 Å². The Hall–Kier alpha value is -3.87. The Morgan fingerprint density at radius 2 is 1.88 bits per heavy atom. The molecular weight excluding hydrogens is 400 g/mol. The van der Waals surface area contributed by atoms with Gasteiger partial charge in [-0.2, -0.15) is 0 Å². The topological polar surface area (TPSA) is 85.6 Å². The van der Waals surface area contributed by atoms with Gasteiger partial charge in [0, 0.05) is 46.9 Å². The molecule has 5 rings (SSSR count). The molecule has 1 aliphatic carbocycles. The molecule has 0 unspecified atom stereocenters. The minimum atomic E-state index is -0.234. The van der Waals surface area contributed by atoms with Crippen LogP contribution in [0.15, 0.2) is 67.3 Å². The van der Waals surface area contributed by atoms with E-state index < -0.39 is 0 Å². The predicted molar refractivity (Wildman–Crippen MR) is 123 cm³/mol. The number of nitrogens with zero attached hydrogens (tertiary/aromatic N) is 5. The summed E-state index contributed by atoms with van der Waals surface area (Å²) < 4.78 is 2.00. The van der Waals surface area contributed by atoms with Crippen LogP contribution in [-0.4, -0.2) is 30.6 Å². The number of amides is 1. The molecule has 7 heteroatoms. The van der Waals surface area contributed by atoms with Gasteiger partial charge < -0.3 is 9.88 Å². The van der Waals surface area contributed by atoms with E-state index in [4.69, 9.17) is 4.98 Å². The van der Waals surface area contributed by atoms with Gasteiger partial charge in [-0.1, -0.05) is 18.2 Å². The van der Waals surface area contributed by atoms with Gasteiger partial charge in [0.2, 0.25) is 0 Å². The number of carbonyl (C=O) groups excluding carboxylic acids is 1. The highest BCUT2D eigenvalue weighted by molar-refractivity contribution is 6.07. The Morgan fingerprint density at radius 1 is 1.06 bits per heavy atom.